The van der Waals surface area contributed by atoms with Gasteiger partial charge in [0.1, 0.15) is 11.4 Å². The minimum atomic E-state index is -0.515. The van der Waals surface area contributed by atoms with Gasteiger partial charge in [0.05, 0.1) is 23.1 Å². The minimum Gasteiger partial charge on any atom is -0.497 e. The number of benzene rings is 4. The molecule has 0 aliphatic carbocycles. The Hall–Kier alpha value is -4.24. The largest absolute Gasteiger partial charge is 0.497 e. The molecule has 0 spiro atoms. The highest BCUT2D eigenvalue weighted by Crippen LogP contribution is 2.29. The molecule has 10 heteroatoms. The summed E-state index contributed by atoms with van der Waals surface area (Å²) >= 11 is 13.5. The van der Waals surface area contributed by atoms with Gasteiger partial charge in [0, 0.05) is 21.2 Å². The van der Waals surface area contributed by atoms with Crippen molar-refractivity contribution in [2.75, 3.05) is 17.7 Å². The van der Waals surface area contributed by atoms with Gasteiger partial charge in [-0.25, -0.2) is 0 Å². The Bertz CT molecular complexity index is 1610. The fourth-order valence-corrected chi connectivity index (χ4v) is 5.00. The van der Waals surface area contributed by atoms with Crippen LogP contribution in [0.2, 0.25) is 10.0 Å². The SMILES string of the molecule is COc1ccc(/C=C(/NC(=O)c2ccccc2)C(=O)Nc2cccc(SC(C)C(=O)Nc3cc(Cl)ccc3Cl)c2)cc1. The highest BCUT2D eigenvalue weighted by molar-refractivity contribution is 8.00. The second-order valence-electron chi connectivity index (χ2n) is 9.01. The van der Waals surface area contributed by atoms with E-state index in [9.17, 15) is 14.4 Å². The zero-order chi connectivity index (χ0) is 30.1. The second-order valence-corrected chi connectivity index (χ2v) is 11.3. The van der Waals surface area contributed by atoms with Gasteiger partial charge < -0.3 is 20.7 Å². The van der Waals surface area contributed by atoms with E-state index in [-0.39, 0.29) is 11.6 Å². The smallest absolute Gasteiger partial charge is 0.272 e. The van der Waals surface area contributed by atoms with Gasteiger partial charge in [0.15, 0.2) is 0 Å². The molecular formula is C32H27Cl2N3O4S. The molecule has 0 aliphatic rings. The summed E-state index contributed by atoms with van der Waals surface area (Å²) in [6, 6.07) is 27.6. The molecule has 4 rings (SSSR count). The molecule has 0 saturated carbocycles. The van der Waals surface area contributed by atoms with Crippen LogP contribution in [0.15, 0.2) is 108 Å². The molecule has 0 aliphatic heterocycles. The lowest BCUT2D eigenvalue weighted by Gasteiger charge is -2.15. The number of nitrogens with one attached hydrogen (secondary N) is 3. The van der Waals surface area contributed by atoms with E-state index in [1.807, 2.05) is 6.07 Å². The molecule has 4 aromatic carbocycles. The van der Waals surface area contributed by atoms with Crippen molar-refractivity contribution in [3.8, 4) is 5.75 Å². The number of hydrogen-bond acceptors (Lipinski definition) is 5. The summed E-state index contributed by atoms with van der Waals surface area (Å²) in [5.41, 5.74) is 2.08. The van der Waals surface area contributed by atoms with E-state index < -0.39 is 17.1 Å². The van der Waals surface area contributed by atoms with Crippen molar-refractivity contribution in [2.45, 2.75) is 17.1 Å². The Kier molecular flexibility index (Phi) is 10.7. The number of halogens is 2. The van der Waals surface area contributed by atoms with Gasteiger partial charge in [-0.15, -0.1) is 11.8 Å². The number of carbonyl (C=O) groups is 3. The zero-order valence-corrected chi connectivity index (χ0v) is 25.0. The standard InChI is InChI=1S/C32H27Cl2N3O4S/c1-20(30(38)36-28-18-23(33)13-16-27(28)34)42-26-10-6-9-24(19-26)35-32(40)29(17-21-11-14-25(41-2)15-12-21)37-31(39)22-7-4-3-5-8-22/h3-20H,1-2H3,(H,35,40)(H,36,38)(H,37,39)/b29-17+. The molecule has 3 amide bonds. The molecule has 0 aromatic heterocycles. The van der Waals surface area contributed by atoms with Crippen molar-refractivity contribution >= 4 is 70.1 Å². The zero-order valence-electron chi connectivity index (χ0n) is 22.7. The number of ether oxygens (including phenoxy) is 1. The van der Waals surface area contributed by atoms with Crippen LogP contribution in [0.5, 0.6) is 5.75 Å². The van der Waals surface area contributed by atoms with Gasteiger partial charge in [0.2, 0.25) is 5.91 Å². The molecule has 42 heavy (non-hydrogen) atoms. The Morgan fingerprint density at radius 2 is 1.60 bits per heavy atom. The average Bonchev–Trinajstić information content (AvgIpc) is 2.99. The molecule has 0 saturated heterocycles. The maximum Gasteiger partial charge on any atom is 0.272 e. The van der Waals surface area contributed by atoms with Gasteiger partial charge in [-0.05, 0) is 79.2 Å². The van der Waals surface area contributed by atoms with Gasteiger partial charge >= 0.3 is 0 Å². The molecule has 0 fully saturated rings. The number of rotatable bonds is 10. The maximum absolute atomic E-state index is 13.4. The van der Waals surface area contributed by atoms with Crippen LogP contribution in [-0.4, -0.2) is 30.1 Å². The summed E-state index contributed by atoms with van der Waals surface area (Å²) in [5.74, 6) is -0.528. The molecule has 4 aromatic rings. The summed E-state index contributed by atoms with van der Waals surface area (Å²) in [5, 5.41) is 8.72. The van der Waals surface area contributed by atoms with Crippen LogP contribution >= 0.6 is 35.0 Å². The highest BCUT2D eigenvalue weighted by atomic mass is 35.5. The molecular weight excluding hydrogens is 593 g/mol. The first-order chi connectivity index (χ1) is 20.2. The second kappa shape index (κ2) is 14.6. The number of thioether (sulfide) groups is 1. The molecule has 1 atom stereocenters. The molecule has 214 valence electrons. The van der Waals surface area contributed by atoms with E-state index in [0.29, 0.717) is 38.3 Å². The average molecular weight is 621 g/mol. The molecule has 7 nitrogen and oxygen atoms in total. The van der Waals surface area contributed by atoms with Crippen molar-refractivity contribution in [2.24, 2.45) is 0 Å². The molecule has 0 bridgehead atoms. The van der Waals surface area contributed by atoms with Crippen LogP contribution in [-0.2, 0) is 9.59 Å². The molecule has 0 radical (unpaired) electrons. The van der Waals surface area contributed by atoms with Crippen LogP contribution < -0.4 is 20.7 Å². The normalized spacial score (nSPS) is 11.8. The van der Waals surface area contributed by atoms with Crippen LogP contribution in [0, 0.1) is 0 Å². The van der Waals surface area contributed by atoms with Crippen LogP contribution in [0.1, 0.15) is 22.8 Å². The van der Waals surface area contributed by atoms with Crippen LogP contribution in [0.25, 0.3) is 6.08 Å². The number of amides is 3. The quantitative estimate of drug-likeness (QED) is 0.126. The van der Waals surface area contributed by atoms with Crippen molar-refractivity contribution in [3.63, 3.8) is 0 Å². The monoisotopic (exact) mass is 619 g/mol. The third-order valence-electron chi connectivity index (χ3n) is 5.92. The molecule has 1 unspecified atom stereocenters. The van der Waals surface area contributed by atoms with Crippen LogP contribution in [0.4, 0.5) is 11.4 Å². The summed E-state index contributed by atoms with van der Waals surface area (Å²) in [7, 11) is 1.57. The Balaban J connectivity index is 1.49. The van der Waals surface area contributed by atoms with E-state index in [0.717, 1.165) is 4.90 Å². The van der Waals surface area contributed by atoms with Crippen LogP contribution in [0.3, 0.4) is 0 Å². The van der Waals surface area contributed by atoms with Crippen molar-refractivity contribution < 1.29 is 19.1 Å². The molecule has 3 N–H and O–H groups in total. The van der Waals surface area contributed by atoms with E-state index in [2.05, 4.69) is 16.0 Å². The summed E-state index contributed by atoms with van der Waals surface area (Å²) in [6.45, 7) is 1.76. The predicted octanol–water partition coefficient (Wildman–Crippen LogP) is 7.53. The maximum atomic E-state index is 13.4. The lowest BCUT2D eigenvalue weighted by molar-refractivity contribution is -0.115. The van der Waals surface area contributed by atoms with Crippen molar-refractivity contribution in [1.82, 2.24) is 5.32 Å². The van der Waals surface area contributed by atoms with E-state index >= 15 is 0 Å². The Morgan fingerprint density at radius 1 is 0.857 bits per heavy atom. The summed E-state index contributed by atoms with van der Waals surface area (Å²) in [6.07, 6.45) is 1.58. The Labute approximate surface area is 258 Å². The lowest BCUT2D eigenvalue weighted by Crippen LogP contribution is -2.30. The third-order valence-corrected chi connectivity index (χ3v) is 7.57. The topological polar surface area (TPSA) is 96.5 Å². The summed E-state index contributed by atoms with van der Waals surface area (Å²) < 4.78 is 5.21. The molecule has 0 heterocycles. The van der Waals surface area contributed by atoms with E-state index in [1.54, 1.807) is 111 Å². The Morgan fingerprint density at radius 3 is 2.31 bits per heavy atom. The number of hydrogen-bond donors (Lipinski definition) is 3. The number of anilines is 2. The van der Waals surface area contributed by atoms with Gasteiger partial charge in [-0.2, -0.15) is 0 Å². The lowest BCUT2D eigenvalue weighted by atomic mass is 10.1. The fraction of sp³-hybridized carbons (Fsp3) is 0.0938. The fourth-order valence-electron chi connectivity index (χ4n) is 3.74. The van der Waals surface area contributed by atoms with Crippen molar-refractivity contribution in [3.05, 3.63) is 124 Å². The number of carbonyl (C=O) groups excluding carboxylic acids is 3. The van der Waals surface area contributed by atoms with Gasteiger partial charge in [0.25, 0.3) is 11.8 Å². The minimum absolute atomic E-state index is 0.0539. The van der Waals surface area contributed by atoms with Gasteiger partial charge in [-0.3, -0.25) is 14.4 Å². The first kappa shape index (κ1) is 30.7. The first-order valence-corrected chi connectivity index (χ1v) is 14.4. The van der Waals surface area contributed by atoms with E-state index in [4.69, 9.17) is 27.9 Å². The highest BCUT2D eigenvalue weighted by Gasteiger charge is 2.18. The van der Waals surface area contributed by atoms with E-state index in [1.165, 1.54) is 11.8 Å². The first-order valence-electron chi connectivity index (χ1n) is 12.8. The van der Waals surface area contributed by atoms with Crippen molar-refractivity contribution in [1.29, 1.82) is 0 Å². The number of methoxy groups -OCH3 is 1. The van der Waals surface area contributed by atoms with Gasteiger partial charge in [-0.1, -0.05) is 59.6 Å². The summed E-state index contributed by atoms with van der Waals surface area (Å²) in [4.78, 5) is 39.9. The predicted molar refractivity (Wildman–Crippen MR) is 170 cm³/mol. The third kappa shape index (κ3) is 8.63.